The molecule has 13 heavy (non-hydrogen) atoms. The summed E-state index contributed by atoms with van der Waals surface area (Å²) in [5.74, 6) is -0.0919. The molecule has 1 rings (SSSR count). The van der Waals surface area contributed by atoms with Crippen LogP contribution < -0.4 is 11.1 Å². The smallest absolute Gasteiger partial charge is 0.256 e. The molecule has 0 aliphatic heterocycles. The fraction of sp³-hybridized carbons (Fsp3) is 0.143. The molecule has 0 aliphatic carbocycles. The Morgan fingerprint density at radius 3 is 3.00 bits per heavy atom. The van der Waals surface area contributed by atoms with E-state index in [1.807, 2.05) is 0 Å². The third-order valence-electron chi connectivity index (χ3n) is 1.35. The van der Waals surface area contributed by atoms with Gasteiger partial charge in [-0.3, -0.25) is 9.89 Å². The van der Waals surface area contributed by atoms with Crippen molar-refractivity contribution in [1.82, 2.24) is 15.5 Å². The lowest BCUT2D eigenvalue weighted by Crippen LogP contribution is -2.24. The number of H-pyrrole nitrogens is 1. The van der Waals surface area contributed by atoms with E-state index in [0.717, 1.165) is 0 Å². The Kier molecular flexibility index (Phi) is 2.92. The molecule has 0 aliphatic rings. The van der Waals surface area contributed by atoms with Crippen LogP contribution in [0.1, 0.15) is 10.4 Å². The number of aromatic nitrogens is 2. The maximum absolute atomic E-state index is 11.3. The lowest BCUT2D eigenvalue weighted by atomic mass is 10.3. The summed E-state index contributed by atoms with van der Waals surface area (Å²) >= 11 is 5.46. The fourth-order valence-electron chi connectivity index (χ4n) is 0.748. The van der Waals surface area contributed by atoms with Crippen LogP contribution in [0.4, 0.5) is 5.82 Å². The number of nitrogen functional groups attached to an aromatic ring is 1. The van der Waals surface area contributed by atoms with Crippen LogP contribution in [0.25, 0.3) is 0 Å². The van der Waals surface area contributed by atoms with E-state index in [2.05, 4.69) is 22.1 Å². The second kappa shape index (κ2) is 3.95. The van der Waals surface area contributed by atoms with E-state index >= 15 is 0 Å². The van der Waals surface area contributed by atoms with E-state index in [4.69, 9.17) is 17.3 Å². The van der Waals surface area contributed by atoms with Crippen molar-refractivity contribution in [2.75, 3.05) is 12.3 Å². The van der Waals surface area contributed by atoms with Gasteiger partial charge in [-0.1, -0.05) is 18.2 Å². The largest absolute Gasteiger partial charge is 0.383 e. The number of rotatable bonds is 3. The van der Waals surface area contributed by atoms with Crippen LogP contribution in [0.15, 0.2) is 17.8 Å². The Labute approximate surface area is 80.0 Å². The maximum atomic E-state index is 11.3. The van der Waals surface area contributed by atoms with Crippen LogP contribution >= 0.6 is 11.6 Å². The first kappa shape index (κ1) is 9.60. The molecule has 5 nitrogen and oxygen atoms in total. The number of nitrogens with zero attached hydrogens (tertiary/aromatic N) is 1. The summed E-state index contributed by atoms with van der Waals surface area (Å²) < 4.78 is 0. The summed E-state index contributed by atoms with van der Waals surface area (Å²) in [5, 5.41) is 8.92. The average Bonchev–Trinajstić information content (AvgIpc) is 2.47. The molecule has 6 heteroatoms. The van der Waals surface area contributed by atoms with E-state index in [0.29, 0.717) is 10.6 Å². The lowest BCUT2D eigenvalue weighted by Gasteiger charge is -2.01. The van der Waals surface area contributed by atoms with Gasteiger partial charge in [-0.15, -0.1) is 0 Å². The van der Waals surface area contributed by atoms with Crippen LogP contribution in [0, 0.1) is 0 Å². The Balaban J connectivity index is 2.59. The second-order valence-electron chi connectivity index (χ2n) is 2.40. The number of anilines is 1. The molecule has 0 fully saturated rings. The van der Waals surface area contributed by atoms with Gasteiger partial charge in [0.1, 0.15) is 11.4 Å². The van der Waals surface area contributed by atoms with Crippen molar-refractivity contribution in [3.05, 3.63) is 23.4 Å². The molecule has 1 aromatic heterocycles. The molecule has 1 aromatic rings. The van der Waals surface area contributed by atoms with Gasteiger partial charge in [0.2, 0.25) is 0 Å². The quantitative estimate of drug-likeness (QED) is 0.664. The van der Waals surface area contributed by atoms with E-state index in [-0.39, 0.29) is 18.3 Å². The van der Waals surface area contributed by atoms with Crippen LogP contribution in [-0.4, -0.2) is 22.6 Å². The van der Waals surface area contributed by atoms with Crippen molar-refractivity contribution in [3.8, 4) is 0 Å². The van der Waals surface area contributed by atoms with Crippen molar-refractivity contribution in [1.29, 1.82) is 0 Å². The fourth-order valence-corrected chi connectivity index (χ4v) is 0.815. The van der Waals surface area contributed by atoms with Crippen LogP contribution in [0.2, 0.25) is 0 Å². The molecule has 0 bridgehead atoms. The summed E-state index contributed by atoms with van der Waals surface area (Å²) in [5.41, 5.74) is 5.72. The molecule has 0 radical (unpaired) electrons. The highest BCUT2D eigenvalue weighted by molar-refractivity contribution is 6.29. The third kappa shape index (κ3) is 2.48. The van der Waals surface area contributed by atoms with Gasteiger partial charge in [0.25, 0.3) is 5.91 Å². The number of carbonyl (C=O) groups excluding carboxylic acids is 1. The van der Waals surface area contributed by atoms with Gasteiger partial charge < -0.3 is 11.1 Å². The number of hydrogen-bond donors (Lipinski definition) is 3. The van der Waals surface area contributed by atoms with Crippen LogP contribution in [0.3, 0.4) is 0 Å². The average molecular weight is 201 g/mol. The summed E-state index contributed by atoms with van der Waals surface area (Å²) in [4.78, 5) is 11.3. The SMILES string of the molecule is C=C(Cl)CNC(=O)c1cn[nH]c1N. The topological polar surface area (TPSA) is 83.8 Å². The van der Waals surface area contributed by atoms with Crippen molar-refractivity contribution in [2.45, 2.75) is 0 Å². The van der Waals surface area contributed by atoms with Gasteiger partial charge in [0.05, 0.1) is 12.7 Å². The number of halogens is 1. The van der Waals surface area contributed by atoms with E-state index in [1.54, 1.807) is 0 Å². The van der Waals surface area contributed by atoms with Crippen LogP contribution in [-0.2, 0) is 0 Å². The molecule has 0 saturated heterocycles. The van der Waals surface area contributed by atoms with Gasteiger partial charge in [0, 0.05) is 5.03 Å². The minimum absolute atomic E-state index is 0.213. The molecule has 0 spiro atoms. The number of carbonyl (C=O) groups is 1. The van der Waals surface area contributed by atoms with Gasteiger partial charge in [-0.2, -0.15) is 5.10 Å². The summed E-state index contributed by atoms with van der Waals surface area (Å²) in [6.07, 6.45) is 1.35. The monoisotopic (exact) mass is 200 g/mol. The number of nitrogens with one attached hydrogen (secondary N) is 2. The third-order valence-corrected chi connectivity index (χ3v) is 1.49. The zero-order chi connectivity index (χ0) is 9.84. The molecule has 1 amide bonds. The zero-order valence-corrected chi connectivity index (χ0v) is 7.56. The molecular formula is C7H9ClN4O. The normalized spacial score (nSPS) is 9.62. The Bertz CT molecular complexity index is 333. The van der Waals surface area contributed by atoms with E-state index in [1.165, 1.54) is 6.20 Å². The highest BCUT2D eigenvalue weighted by Crippen LogP contribution is 2.05. The number of aromatic amines is 1. The molecule has 70 valence electrons. The summed E-state index contributed by atoms with van der Waals surface area (Å²) in [7, 11) is 0. The molecule has 0 aromatic carbocycles. The van der Waals surface area contributed by atoms with Gasteiger partial charge in [-0.25, -0.2) is 0 Å². The summed E-state index contributed by atoms with van der Waals surface area (Å²) in [6.45, 7) is 3.64. The predicted octanol–water partition coefficient (Wildman–Crippen LogP) is 0.474. The number of nitrogens with two attached hydrogens (primary N) is 1. The minimum Gasteiger partial charge on any atom is -0.383 e. The van der Waals surface area contributed by atoms with Gasteiger partial charge >= 0.3 is 0 Å². The Morgan fingerprint density at radius 2 is 2.54 bits per heavy atom. The molecule has 0 saturated carbocycles. The van der Waals surface area contributed by atoms with Crippen LogP contribution in [0.5, 0.6) is 0 Å². The molecule has 0 unspecified atom stereocenters. The van der Waals surface area contributed by atoms with Crippen molar-refractivity contribution < 1.29 is 4.79 Å². The van der Waals surface area contributed by atoms with E-state index in [9.17, 15) is 4.79 Å². The van der Waals surface area contributed by atoms with Gasteiger partial charge in [0.15, 0.2) is 0 Å². The zero-order valence-electron chi connectivity index (χ0n) is 6.80. The molecule has 1 heterocycles. The van der Waals surface area contributed by atoms with Gasteiger partial charge in [-0.05, 0) is 0 Å². The second-order valence-corrected chi connectivity index (χ2v) is 2.93. The first-order valence-electron chi connectivity index (χ1n) is 3.51. The Hall–Kier alpha value is -1.49. The molecule has 0 atom stereocenters. The molecular weight excluding hydrogens is 192 g/mol. The minimum atomic E-state index is -0.326. The van der Waals surface area contributed by atoms with Crippen molar-refractivity contribution in [3.63, 3.8) is 0 Å². The lowest BCUT2D eigenvalue weighted by molar-refractivity contribution is 0.0958. The highest BCUT2D eigenvalue weighted by Gasteiger charge is 2.10. The van der Waals surface area contributed by atoms with Crippen molar-refractivity contribution in [2.24, 2.45) is 0 Å². The Morgan fingerprint density at radius 1 is 1.85 bits per heavy atom. The van der Waals surface area contributed by atoms with E-state index < -0.39 is 0 Å². The molecule has 4 N–H and O–H groups in total. The first-order chi connectivity index (χ1) is 6.11. The number of amides is 1. The number of hydrogen-bond acceptors (Lipinski definition) is 3. The standard InChI is InChI=1S/C7H9ClN4O/c1-4(8)2-10-7(13)5-3-11-12-6(5)9/h3H,1-2H2,(H,10,13)(H3,9,11,12). The highest BCUT2D eigenvalue weighted by atomic mass is 35.5. The first-order valence-corrected chi connectivity index (χ1v) is 3.89. The maximum Gasteiger partial charge on any atom is 0.256 e. The predicted molar refractivity (Wildman–Crippen MR) is 50.3 cm³/mol. The van der Waals surface area contributed by atoms with Crippen molar-refractivity contribution >= 4 is 23.3 Å². The summed E-state index contributed by atoms with van der Waals surface area (Å²) in [6, 6.07) is 0.